The van der Waals surface area contributed by atoms with Crippen molar-refractivity contribution in [1.82, 2.24) is 19.2 Å². The van der Waals surface area contributed by atoms with Crippen molar-refractivity contribution in [2.24, 2.45) is 4.99 Å². The number of halogens is 1. The van der Waals surface area contributed by atoms with Gasteiger partial charge in [-0.1, -0.05) is 59.6 Å². The number of aliphatic imine (C=N–C) groups is 1. The number of amidine groups is 1. The third kappa shape index (κ3) is 4.90. The van der Waals surface area contributed by atoms with E-state index in [4.69, 9.17) is 26.3 Å². The molecular weight excluding hydrogens is 546 g/mol. The van der Waals surface area contributed by atoms with E-state index >= 15 is 0 Å². The highest BCUT2D eigenvalue weighted by molar-refractivity contribution is 6.31. The van der Waals surface area contributed by atoms with Crippen LogP contribution in [-0.4, -0.2) is 57.1 Å². The number of carbonyl (C=O) groups is 1. The number of ether oxygens (including phenoxy) is 1. The second-order valence-corrected chi connectivity index (χ2v) is 11.3. The molecule has 4 heterocycles. The number of hydrogen-bond donors (Lipinski definition) is 0. The normalized spacial score (nSPS) is 14.6. The molecule has 1 fully saturated rings. The Hall–Kier alpha value is -4.62. The molecule has 5 aromatic rings. The highest BCUT2D eigenvalue weighted by atomic mass is 35.5. The van der Waals surface area contributed by atoms with Crippen molar-refractivity contribution in [3.05, 3.63) is 112 Å². The SMILES string of the molecule is Cc1ccc(-c2nc3ccc(C)cn3c2CC(=O)N2CCN(C3=Nc4ccccc4Oc4ccc(Cl)cc43)CC2)cc1. The Morgan fingerprint density at radius 1 is 0.881 bits per heavy atom. The maximum absolute atomic E-state index is 13.8. The maximum atomic E-state index is 13.8. The van der Waals surface area contributed by atoms with Crippen LogP contribution in [0, 0.1) is 13.8 Å². The number of para-hydroxylation sites is 2. The third-order valence-electron chi connectivity index (χ3n) is 7.93. The predicted octanol–water partition coefficient (Wildman–Crippen LogP) is 6.84. The molecule has 2 aliphatic heterocycles. The molecule has 0 radical (unpaired) electrons. The van der Waals surface area contributed by atoms with Crippen LogP contribution in [0.4, 0.5) is 5.69 Å². The molecular formula is C34H30ClN5O2. The number of aromatic nitrogens is 2. The van der Waals surface area contributed by atoms with Gasteiger partial charge in [-0.15, -0.1) is 0 Å². The van der Waals surface area contributed by atoms with Gasteiger partial charge in [-0.25, -0.2) is 9.98 Å². The monoisotopic (exact) mass is 575 g/mol. The number of pyridine rings is 1. The highest BCUT2D eigenvalue weighted by Crippen LogP contribution is 2.39. The van der Waals surface area contributed by atoms with Gasteiger partial charge in [-0.05, 0) is 55.8 Å². The lowest BCUT2D eigenvalue weighted by molar-refractivity contribution is -0.131. The summed E-state index contributed by atoms with van der Waals surface area (Å²) in [7, 11) is 0. The Kier molecular flexibility index (Phi) is 6.67. The van der Waals surface area contributed by atoms with Gasteiger partial charge in [0.2, 0.25) is 5.91 Å². The minimum absolute atomic E-state index is 0.0891. The summed E-state index contributed by atoms with van der Waals surface area (Å²) < 4.78 is 8.29. The zero-order valence-corrected chi connectivity index (χ0v) is 24.3. The van der Waals surface area contributed by atoms with E-state index < -0.39 is 0 Å². The van der Waals surface area contributed by atoms with Gasteiger partial charge in [-0.3, -0.25) is 4.79 Å². The van der Waals surface area contributed by atoms with Gasteiger partial charge in [0.1, 0.15) is 22.9 Å². The van der Waals surface area contributed by atoms with Crippen LogP contribution in [0.5, 0.6) is 11.5 Å². The summed E-state index contributed by atoms with van der Waals surface area (Å²) in [4.78, 5) is 27.9. The molecule has 1 saturated heterocycles. The first kappa shape index (κ1) is 26.3. The van der Waals surface area contributed by atoms with Crippen molar-refractivity contribution >= 4 is 34.7 Å². The minimum atomic E-state index is 0.0891. The molecule has 7 rings (SSSR count). The molecule has 0 bridgehead atoms. The average Bonchev–Trinajstić information content (AvgIpc) is 3.25. The van der Waals surface area contributed by atoms with Crippen molar-refractivity contribution in [1.29, 1.82) is 0 Å². The molecule has 0 atom stereocenters. The number of benzene rings is 3. The Morgan fingerprint density at radius 3 is 2.45 bits per heavy atom. The molecule has 7 nitrogen and oxygen atoms in total. The summed E-state index contributed by atoms with van der Waals surface area (Å²) >= 11 is 6.40. The van der Waals surface area contributed by atoms with E-state index in [-0.39, 0.29) is 12.3 Å². The smallest absolute Gasteiger partial charge is 0.228 e. The lowest BCUT2D eigenvalue weighted by atomic mass is 10.1. The summed E-state index contributed by atoms with van der Waals surface area (Å²) in [5.41, 5.74) is 7.55. The second-order valence-electron chi connectivity index (χ2n) is 10.9. The highest BCUT2D eigenvalue weighted by Gasteiger charge is 2.29. The van der Waals surface area contributed by atoms with E-state index in [1.165, 1.54) is 5.56 Å². The summed E-state index contributed by atoms with van der Waals surface area (Å²) in [5.74, 6) is 2.32. The van der Waals surface area contributed by atoms with Crippen LogP contribution in [0.2, 0.25) is 5.02 Å². The van der Waals surface area contributed by atoms with Gasteiger partial charge >= 0.3 is 0 Å². The van der Waals surface area contributed by atoms with E-state index in [0.717, 1.165) is 45.2 Å². The topological polar surface area (TPSA) is 62.4 Å². The van der Waals surface area contributed by atoms with Crippen LogP contribution in [0.1, 0.15) is 22.4 Å². The van der Waals surface area contributed by atoms with E-state index in [1.807, 2.05) is 53.4 Å². The van der Waals surface area contributed by atoms with E-state index in [1.54, 1.807) is 0 Å². The zero-order valence-electron chi connectivity index (χ0n) is 23.5. The Labute approximate surface area is 249 Å². The standard InChI is InChI=1S/C34H30ClN5O2/c1-22-7-10-24(11-8-22)33-28(40-21-23(2)9-14-31(40)37-33)20-32(41)38-15-17-39(18-16-38)34-26-19-25(35)12-13-29(26)42-30-6-4-3-5-27(30)36-34/h3-14,19,21H,15-18,20H2,1-2H3. The first-order chi connectivity index (χ1) is 20.4. The molecule has 0 spiro atoms. The first-order valence-electron chi connectivity index (χ1n) is 14.2. The first-order valence-corrected chi connectivity index (χ1v) is 14.5. The van der Waals surface area contributed by atoms with Crippen molar-refractivity contribution in [3.63, 3.8) is 0 Å². The molecule has 1 amide bonds. The number of nitrogens with zero attached hydrogens (tertiary/aromatic N) is 5. The fourth-order valence-electron chi connectivity index (χ4n) is 5.67. The molecule has 2 aromatic heterocycles. The summed E-state index contributed by atoms with van der Waals surface area (Å²) in [6.07, 6.45) is 2.34. The van der Waals surface area contributed by atoms with Gasteiger partial charge in [0.15, 0.2) is 5.75 Å². The van der Waals surface area contributed by atoms with Crippen LogP contribution < -0.4 is 4.74 Å². The molecule has 2 aliphatic rings. The summed E-state index contributed by atoms with van der Waals surface area (Å²) in [6.45, 7) is 6.60. The lowest BCUT2D eigenvalue weighted by Gasteiger charge is -2.36. The number of amides is 1. The lowest BCUT2D eigenvalue weighted by Crippen LogP contribution is -2.51. The van der Waals surface area contributed by atoms with Crippen molar-refractivity contribution in [2.45, 2.75) is 20.3 Å². The Balaban J connectivity index is 1.15. The number of rotatable bonds is 3. The van der Waals surface area contributed by atoms with Crippen LogP contribution >= 0.6 is 11.6 Å². The third-order valence-corrected chi connectivity index (χ3v) is 8.17. The fraction of sp³-hybridized carbons (Fsp3) is 0.206. The maximum Gasteiger partial charge on any atom is 0.228 e. The molecule has 0 saturated carbocycles. The van der Waals surface area contributed by atoms with Gasteiger partial charge in [0, 0.05) is 43.0 Å². The Bertz CT molecular complexity index is 1850. The van der Waals surface area contributed by atoms with Crippen LogP contribution in [0.15, 0.2) is 90.1 Å². The van der Waals surface area contributed by atoms with E-state index in [9.17, 15) is 4.79 Å². The molecule has 0 unspecified atom stereocenters. The van der Waals surface area contributed by atoms with Gasteiger partial charge < -0.3 is 18.9 Å². The van der Waals surface area contributed by atoms with Crippen molar-refractivity contribution in [2.75, 3.05) is 26.2 Å². The summed E-state index contributed by atoms with van der Waals surface area (Å²) in [5, 5.41) is 0.623. The quantitative estimate of drug-likeness (QED) is 0.236. The van der Waals surface area contributed by atoms with Crippen LogP contribution in [0.3, 0.4) is 0 Å². The molecule has 0 N–H and O–H groups in total. The van der Waals surface area contributed by atoms with Gasteiger partial charge in [0.25, 0.3) is 0 Å². The molecule has 0 aliphatic carbocycles. The molecule has 42 heavy (non-hydrogen) atoms. The average molecular weight is 576 g/mol. The number of hydrogen-bond acceptors (Lipinski definition) is 5. The number of carbonyl (C=O) groups excluding carboxylic acids is 1. The van der Waals surface area contributed by atoms with E-state index in [2.05, 4.69) is 59.7 Å². The van der Waals surface area contributed by atoms with E-state index in [0.29, 0.717) is 42.7 Å². The van der Waals surface area contributed by atoms with Crippen molar-refractivity contribution < 1.29 is 9.53 Å². The molecule has 210 valence electrons. The summed E-state index contributed by atoms with van der Waals surface area (Å²) in [6, 6.07) is 25.8. The van der Waals surface area contributed by atoms with Crippen molar-refractivity contribution in [3.8, 4) is 22.8 Å². The van der Waals surface area contributed by atoms with Gasteiger partial charge in [0.05, 0.1) is 23.4 Å². The van der Waals surface area contributed by atoms with Gasteiger partial charge in [-0.2, -0.15) is 0 Å². The number of piperazine rings is 1. The second kappa shape index (κ2) is 10.7. The van der Waals surface area contributed by atoms with Crippen LogP contribution in [0.25, 0.3) is 16.9 Å². The van der Waals surface area contributed by atoms with Crippen LogP contribution in [-0.2, 0) is 11.2 Å². The Morgan fingerprint density at radius 2 is 1.64 bits per heavy atom. The zero-order chi connectivity index (χ0) is 28.8. The number of aryl methyl sites for hydroxylation is 2. The number of fused-ring (bicyclic) bond motifs is 3. The largest absolute Gasteiger partial charge is 0.454 e. The molecule has 8 heteroatoms. The predicted molar refractivity (Wildman–Crippen MR) is 166 cm³/mol. The minimum Gasteiger partial charge on any atom is -0.454 e. The number of imidazole rings is 1. The molecule has 3 aromatic carbocycles. The fourth-order valence-corrected chi connectivity index (χ4v) is 5.84.